The van der Waals surface area contributed by atoms with Crippen LogP contribution >= 0.6 is 0 Å². The maximum atomic E-state index is 9.45. The summed E-state index contributed by atoms with van der Waals surface area (Å²) < 4.78 is 7.84. The van der Waals surface area contributed by atoms with Gasteiger partial charge < -0.3 is 9.84 Å². The zero-order valence-corrected chi connectivity index (χ0v) is 16.6. The summed E-state index contributed by atoms with van der Waals surface area (Å²) in [5.41, 5.74) is 2.59. The number of fused-ring (bicyclic) bond motifs is 1. The molecule has 6 nitrogen and oxygen atoms in total. The number of rotatable bonds is 4. The average Bonchev–Trinajstić information content (AvgIpc) is 3.19. The quantitative estimate of drug-likeness (QED) is 0.741. The Bertz CT molecular complexity index is 918. The van der Waals surface area contributed by atoms with Gasteiger partial charge in [-0.3, -0.25) is 4.90 Å². The van der Waals surface area contributed by atoms with Crippen molar-refractivity contribution < 1.29 is 9.84 Å². The highest BCUT2D eigenvalue weighted by Gasteiger charge is 2.23. The fourth-order valence-electron chi connectivity index (χ4n) is 3.27. The van der Waals surface area contributed by atoms with E-state index in [2.05, 4.69) is 28.8 Å². The molecule has 1 aliphatic heterocycles. The van der Waals surface area contributed by atoms with Crippen LogP contribution in [-0.2, 0) is 0 Å². The molecule has 2 aromatic heterocycles. The molecular weight excluding hydrogens is 352 g/mol. The zero-order chi connectivity index (χ0) is 19.5. The Kier molecular flexibility index (Phi) is 5.48. The summed E-state index contributed by atoms with van der Waals surface area (Å²) in [5.74, 6) is 1.94. The highest BCUT2D eigenvalue weighted by atomic mass is 16.5. The van der Waals surface area contributed by atoms with Crippen LogP contribution in [0.1, 0.15) is 33.1 Å². The summed E-state index contributed by atoms with van der Waals surface area (Å²) in [4.78, 5) is 6.77. The molecule has 1 unspecified atom stereocenters. The van der Waals surface area contributed by atoms with E-state index in [0.717, 1.165) is 48.9 Å². The fourth-order valence-corrected chi connectivity index (χ4v) is 3.27. The number of phenols is 1. The maximum Gasteiger partial charge on any atom is 0.232 e. The predicted octanol–water partition coefficient (Wildman–Crippen LogP) is 3.99. The number of likely N-dealkylation sites (tertiary alicyclic amines) is 1. The van der Waals surface area contributed by atoms with E-state index >= 15 is 0 Å². The molecule has 1 saturated carbocycles. The van der Waals surface area contributed by atoms with Gasteiger partial charge in [-0.05, 0) is 49.2 Å². The molecule has 2 aliphatic rings. The molecule has 0 radical (unpaired) electrons. The molecule has 1 saturated heterocycles. The first kappa shape index (κ1) is 18.7. The molecule has 1 aliphatic carbocycles. The Hall–Kier alpha value is -2.60. The van der Waals surface area contributed by atoms with Crippen molar-refractivity contribution in [2.24, 2.45) is 5.92 Å². The number of likely N-dealkylation sites (N-methyl/N-ethyl adjacent to an activating group) is 1. The van der Waals surface area contributed by atoms with Gasteiger partial charge in [0, 0.05) is 24.7 Å². The first-order valence-electron chi connectivity index (χ1n) is 10.2. The second-order valence-corrected chi connectivity index (χ2v) is 7.74. The number of hydrogen-bond acceptors (Lipinski definition) is 5. The van der Waals surface area contributed by atoms with Gasteiger partial charge >= 0.3 is 0 Å². The summed E-state index contributed by atoms with van der Waals surface area (Å²) in [6, 6.07) is 10.8. The lowest BCUT2D eigenvalue weighted by atomic mass is 10.2. The summed E-state index contributed by atoms with van der Waals surface area (Å²) in [5, 5.41) is 14.0. The molecular formula is C22H28N4O2. The van der Waals surface area contributed by atoms with E-state index in [1.54, 1.807) is 22.8 Å². The van der Waals surface area contributed by atoms with E-state index in [1.807, 2.05) is 24.3 Å². The monoisotopic (exact) mass is 380 g/mol. The minimum atomic E-state index is 0.190. The molecule has 2 fully saturated rings. The SMILES string of the molecule is CC1CC1.CCN1CCC(Oc2ccc3ncc(-c4ccc(O)cc4)n3n2)C1. The van der Waals surface area contributed by atoms with Gasteiger partial charge in [-0.1, -0.05) is 26.7 Å². The minimum Gasteiger partial charge on any atom is -0.508 e. The van der Waals surface area contributed by atoms with Gasteiger partial charge in [0.2, 0.25) is 5.88 Å². The maximum absolute atomic E-state index is 9.45. The molecule has 3 aromatic rings. The van der Waals surface area contributed by atoms with Crippen molar-refractivity contribution in [1.29, 1.82) is 0 Å². The van der Waals surface area contributed by atoms with Crippen molar-refractivity contribution in [1.82, 2.24) is 19.5 Å². The number of phenolic OH excluding ortho intramolecular Hbond substituents is 1. The van der Waals surface area contributed by atoms with Gasteiger partial charge in [-0.25, -0.2) is 9.50 Å². The highest BCUT2D eigenvalue weighted by Crippen LogP contribution is 2.27. The van der Waals surface area contributed by atoms with Crippen molar-refractivity contribution in [3.8, 4) is 22.9 Å². The molecule has 148 valence electrons. The Morgan fingerprint density at radius 2 is 1.86 bits per heavy atom. The van der Waals surface area contributed by atoms with Crippen molar-refractivity contribution in [2.45, 2.75) is 39.2 Å². The number of aromatic nitrogens is 3. The smallest absolute Gasteiger partial charge is 0.232 e. The molecule has 1 atom stereocenters. The van der Waals surface area contributed by atoms with Crippen LogP contribution in [0.4, 0.5) is 0 Å². The molecule has 28 heavy (non-hydrogen) atoms. The van der Waals surface area contributed by atoms with Crippen molar-refractivity contribution in [2.75, 3.05) is 19.6 Å². The van der Waals surface area contributed by atoms with Crippen molar-refractivity contribution >= 4 is 5.65 Å². The van der Waals surface area contributed by atoms with Crippen LogP contribution in [0.2, 0.25) is 0 Å². The minimum absolute atomic E-state index is 0.190. The fraction of sp³-hybridized carbons (Fsp3) is 0.455. The third kappa shape index (κ3) is 4.44. The number of aromatic hydroxyl groups is 1. The van der Waals surface area contributed by atoms with Gasteiger partial charge in [0.1, 0.15) is 11.9 Å². The number of benzene rings is 1. The Balaban J connectivity index is 0.000000429. The van der Waals surface area contributed by atoms with Gasteiger partial charge in [0.25, 0.3) is 0 Å². The Labute approximate surface area is 165 Å². The normalized spacial score (nSPS) is 19.4. The van der Waals surface area contributed by atoms with E-state index in [9.17, 15) is 5.11 Å². The second kappa shape index (κ2) is 8.19. The topological polar surface area (TPSA) is 62.9 Å². The van der Waals surface area contributed by atoms with Crippen LogP contribution in [0.5, 0.6) is 11.6 Å². The summed E-state index contributed by atoms with van der Waals surface area (Å²) in [7, 11) is 0. The van der Waals surface area contributed by atoms with Crippen molar-refractivity contribution in [3.05, 3.63) is 42.6 Å². The second-order valence-electron chi connectivity index (χ2n) is 7.74. The first-order chi connectivity index (χ1) is 13.6. The lowest BCUT2D eigenvalue weighted by Gasteiger charge is -2.14. The van der Waals surface area contributed by atoms with E-state index in [-0.39, 0.29) is 11.9 Å². The molecule has 5 rings (SSSR count). The summed E-state index contributed by atoms with van der Waals surface area (Å²) in [6.07, 6.45) is 5.98. The van der Waals surface area contributed by atoms with Crippen LogP contribution in [0, 0.1) is 5.92 Å². The van der Waals surface area contributed by atoms with E-state index < -0.39 is 0 Å². The third-order valence-electron chi connectivity index (χ3n) is 5.33. The van der Waals surface area contributed by atoms with E-state index in [4.69, 9.17) is 4.74 Å². The molecule has 3 heterocycles. The van der Waals surface area contributed by atoms with Crippen LogP contribution in [0.3, 0.4) is 0 Å². The number of ether oxygens (including phenoxy) is 1. The number of nitrogens with zero attached hydrogens (tertiary/aromatic N) is 4. The van der Waals surface area contributed by atoms with Gasteiger partial charge in [0.15, 0.2) is 5.65 Å². The molecule has 0 amide bonds. The zero-order valence-electron chi connectivity index (χ0n) is 16.6. The summed E-state index contributed by atoms with van der Waals surface area (Å²) >= 11 is 0. The summed E-state index contributed by atoms with van der Waals surface area (Å²) in [6.45, 7) is 7.53. The lowest BCUT2D eigenvalue weighted by molar-refractivity contribution is 0.192. The van der Waals surface area contributed by atoms with E-state index in [0.29, 0.717) is 5.88 Å². The van der Waals surface area contributed by atoms with Crippen LogP contribution in [0.15, 0.2) is 42.6 Å². The molecule has 0 bridgehead atoms. The molecule has 1 N–H and O–H groups in total. The third-order valence-corrected chi connectivity index (χ3v) is 5.33. The van der Waals surface area contributed by atoms with Gasteiger partial charge in [-0.2, -0.15) is 0 Å². The molecule has 0 spiro atoms. The predicted molar refractivity (Wildman–Crippen MR) is 110 cm³/mol. The lowest BCUT2D eigenvalue weighted by Crippen LogP contribution is -2.24. The highest BCUT2D eigenvalue weighted by molar-refractivity contribution is 5.63. The van der Waals surface area contributed by atoms with Crippen molar-refractivity contribution in [3.63, 3.8) is 0 Å². The first-order valence-corrected chi connectivity index (χ1v) is 10.2. The number of imidazole rings is 1. The van der Waals surface area contributed by atoms with E-state index in [1.165, 1.54) is 12.8 Å². The van der Waals surface area contributed by atoms with Crippen LogP contribution in [0.25, 0.3) is 16.9 Å². The average molecular weight is 380 g/mol. The standard InChI is InChI=1S/C18H20N4O2.C4H8/c1-2-21-10-9-15(12-21)24-18-8-7-17-19-11-16(22(17)20-18)13-3-5-14(23)6-4-13;1-4-2-3-4/h3-8,11,15,23H,2,9-10,12H2,1H3;4H,2-3H2,1H3. The Morgan fingerprint density at radius 1 is 1.11 bits per heavy atom. The Morgan fingerprint density at radius 3 is 2.50 bits per heavy atom. The molecule has 6 heteroatoms. The largest absolute Gasteiger partial charge is 0.508 e. The van der Waals surface area contributed by atoms with Crippen LogP contribution in [-0.4, -0.2) is 50.3 Å². The van der Waals surface area contributed by atoms with Gasteiger partial charge in [-0.15, -0.1) is 5.10 Å². The molecule has 1 aromatic carbocycles. The van der Waals surface area contributed by atoms with Gasteiger partial charge in [0.05, 0.1) is 11.9 Å². The number of hydrogen-bond donors (Lipinski definition) is 1. The van der Waals surface area contributed by atoms with Crippen LogP contribution < -0.4 is 4.74 Å².